The summed E-state index contributed by atoms with van der Waals surface area (Å²) >= 11 is 0. The highest BCUT2D eigenvalue weighted by molar-refractivity contribution is 6.09. The molecule has 1 amide bonds. The Hall–Kier alpha value is -3.15. The van der Waals surface area contributed by atoms with Crippen LogP contribution in [-0.4, -0.2) is 30.1 Å². The highest BCUT2D eigenvalue weighted by Gasteiger charge is 2.43. The van der Waals surface area contributed by atoms with Crippen molar-refractivity contribution in [3.63, 3.8) is 0 Å². The van der Waals surface area contributed by atoms with Crippen molar-refractivity contribution in [1.82, 2.24) is 0 Å². The topological polar surface area (TPSA) is 77.0 Å². The van der Waals surface area contributed by atoms with Gasteiger partial charge in [-0.2, -0.15) is 0 Å². The normalized spacial score (nSPS) is 20.3. The number of benzene rings is 2. The Labute approximate surface area is 227 Å². The number of oxime groups is 1. The second kappa shape index (κ2) is 9.87. The predicted octanol–water partition coefficient (Wildman–Crippen LogP) is 7.08. The fourth-order valence-electron chi connectivity index (χ4n) is 5.04. The number of rotatable bonds is 7. The molecule has 0 fully saturated rings. The van der Waals surface area contributed by atoms with E-state index in [0.717, 1.165) is 41.0 Å². The molecule has 4 rings (SSSR count). The first-order valence-corrected chi connectivity index (χ1v) is 13.6. The molecular formula is C32H42N2O4. The second-order valence-corrected chi connectivity index (χ2v) is 13.5. The Bertz CT molecular complexity index is 1280. The third-order valence-corrected chi connectivity index (χ3v) is 7.91. The number of nitrogens with zero attached hydrogens (tertiary/aromatic N) is 1. The van der Waals surface area contributed by atoms with Crippen LogP contribution in [0.25, 0.3) is 0 Å². The molecule has 2 aliphatic heterocycles. The minimum atomic E-state index is -0.616. The van der Waals surface area contributed by atoms with E-state index in [1.807, 2.05) is 58.0 Å². The van der Waals surface area contributed by atoms with Crippen LogP contribution in [0, 0.1) is 23.7 Å². The van der Waals surface area contributed by atoms with Gasteiger partial charge in [0.25, 0.3) is 5.91 Å². The lowest BCUT2D eigenvalue weighted by Crippen LogP contribution is -2.39. The molecule has 0 radical (unpaired) electrons. The first-order chi connectivity index (χ1) is 17.6. The monoisotopic (exact) mass is 518 g/mol. The minimum absolute atomic E-state index is 0.0821. The maximum absolute atomic E-state index is 13.5. The molecule has 38 heavy (non-hydrogen) atoms. The van der Waals surface area contributed by atoms with Gasteiger partial charge in [-0.3, -0.25) is 9.59 Å². The standard InChI is InChI=1S/C32H42N2O4/c1-19-10-12-22(33-29(36)21-11-13-25-24(16-21)32(8,9)18-37-25)17-23(19)26-20(2)27(38-34-26)28(35)31(6,7)15-14-30(3,4)5/h10-13,16-17,20,27H,14-15,18H2,1-9H3,(H,33,36). The number of ether oxygens (including phenoxy) is 1. The van der Waals surface area contributed by atoms with Gasteiger partial charge >= 0.3 is 0 Å². The lowest BCUT2D eigenvalue weighted by atomic mass is 9.74. The summed E-state index contributed by atoms with van der Waals surface area (Å²) in [5.41, 5.74) is 4.45. The van der Waals surface area contributed by atoms with Gasteiger partial charge in [-0.1, -0.05) is 66.6 Å². The first-order valence-electron chi connectivity index (χ1n) is 13.6. The molecule has 2 atom stereocenters. The molecule has 2 aromatic carbocycles. The van der Waals surface area contributed by atoms with E-state index in [0.29, 0.717) is 17.9 Å². The fourth-order valence-corrected chi connectivity index (χ4v) is 5.04. The number of hydrogen-bond acceptors (Lipinski definition) is 5. The number of aryl methyl sites for hydroxylation is 1. The Kier molecular flexibility index (Phi) is 7.24. The van der Waals surface area contributed by atoms with E-state index in [2.05, 4.69) is 45.1 Å². The summed E-state index contributed by atoms with van der Waals surface area (Å²) in [5, 5.41) is 7.40. The molecular weight excluding hydrogens is 476 g/mol. The molecule has 0 aromatic heterocycles. The molecule has 6 heteroatoms. The zero-order valence-corrected chi connectivity index (χ0v) is 24.3. The van der Waals surface area contributed by atoms with E-state index in [9.17, 15) is 9.59 Å². The number of ketones is 1. The average Bonchev–Trinajstić information content (AvgIpc) is 3.36. The molecule has 0 spiro atoms. The lowest BCUT2D eigenvalue weighted by Gasteiger charge is -2.30. The fraction of sp³-hybridized carbons (Fsp3) is 0.531. The van der Waals surface area contributed by atoms with Gasteiger partial charge in [0.2, 0.25) is 0 Å². The summed E-state index contributed by atoms with van der Waals surface area (Å²) in [7, 11) is 0. The number of fused-ring (bicyclic) bond motifs is 1. The number of hydrogen-bond donors (Lipinski definition) is 1. The Balaban J connectivity index is 1.50. The van der Waals surface area contributed by atoms with Crippen LogP contribution in [0.15, 0.2) is 41.6 Å². The minimum Gasteiger partial charge on any atom is -0.492 e. The Morgan fingerprint density at radius 3 is 2.45 bits per heavy atom. The number of Topliss-reactive ketones (excluding diaryl/α,β-unsaturated/α-hetero) is 1. The molecule has 2 heterocycles. The third kappa shape index (κ3) is 5.64. The van der Waals surface area contributed by atoms with Crippen LogP contribution >= 0.6 is 0 Å². The number of carbonyl (C=O) groups excluding carboxylic acids is 2. The van der Waals surface area contributed by atoms with Crippen LogP contribution in [0.5, 0.6) is 5.75 Å². The van der Waals surface area contributed by atoms with E-state index >= 15 is 0 Å². The molecule has 2 unspecified atom stereocenters. The van der Waals surface area contributed by atoms with Crippen molar-refractivity contribution < 1.29 is 19.2 Å². The van der Waals surface area contributed by atoms with Crippen LogP contribution in [0.4, 0.5) is 5.69 Å². The number of nitrogens with one attached hydrogen (secondary N) is 1. The predicted molar refractivity (Wildman–Crippen MR) is 152 cm³/mol. The first kappa shape index (κ1) is 27.9. The summed E-state index contributed by atoms with van der Waals surface area (Å²) in [4.78, 5) is 32.4. The maximum atomic E-state index is 13.5. The van der Waals surface area contributed by atoms with E-state index in [4.69, 9.17) is 9.57 Å². The highest BCUT2D eigenvalue weighted by atomic mass is 16.6. The van der Waals surface area contributed by atoms with Gasteiger partial charge in [0.1, 0.15) is 5.75 Å². The van der Waals surface area contributed by atoms with Crippen molar-refractivity contribution in [3.8, 4) is 5.75 Å². The van der Waals surface area contributed by atoms with Gasteiger partial charge in [-0.15, -0.1) is 0 Å². The van der Waals surface area contributed by atoms with Crippen molar-refractivity contribution in [2.24, 2.45) is 21.9 Å². The second-order valence-electron chi connectivity index (χ2n) is 13.5. The van der Waals surface area contributed by atoms with Gasteiger partial charge in [0, 0.05) is 39.1 Å². The van der Waals surface area contributed by atoms with Crippen molar-refractivity contribution in [1.29, 1.82) is 0 Å². The van der Waals surface area contributed by atoms with Gasteiger partial charge in [0.05, 0.1) is 12.3 Å². The van der Waals surface area contributed by atoms with E-state index in [1.165, 1.54) is 0 Å². The molecule has 204 valence electrons. The lowest BCUT2D eigenvalue weighted by molar-refractivity contribution is -0.139. The molecule has 1 N–H and O–H groups in total. The zero-order chi connectivity index (χ0) is 28.0. The average molecular weight is 519 g/mol. The quantitative estimate of drug-likeness (QED) is 0.425. The molecule has 2 aliphatic rings. The Morgan fingerprint density at radius 1 is 1.05 bits per heavy atom. The summed E-state index contributed by atoms with van der Waals surface area (Å²) in [5.74, 6) is 0.540. The molecule has 0 aliphatic carbocycles. The summed E-state index contributed by atoms with van der Waals surface area (Å²) < 4.78 is 5.76. The Morgan fingerprint density at radius 2 is 1.76 bits per heavy atom. The van der Waals surface area contributed by atoms with Crippen molar-refractivity contribution >= 4 is 23.1 Å². The molecule has 6 nitrogen and oxygen atoms in total. The number of carbonyl (C=O) groups is 2. The number of amides is 1. The van der Waals surface area contributed by atoms with Crippen LogP contribution in [0.3, 0.4) is 0 Å². The van der Waals surface area contributed by atoms with E-state index in [-0.39, 0.29) is 28.4 Å². The molecule has 0 saturated heterocycles. The van der Waals surface area contributed by atoms with Gasteiger partial charge in [-0.25, -0.2) is 0 Å². The third-order valence-electron chi connectivity index (χ3n) is 7.91. The van der Waals surface area contributed by atoms with Crippen molar-refractivity contribution in [2.45, 2.75) is 86.7 Å². The SMILES string of the molecule is Cc1ccc(NC(=O)c2ccc3c(c2)C(C)(C)CO3)cc1C1=NOC(C(=O)C(C)(C)CCC(C)(C)C)C1C. The van der Waals surface area contributed by atoms with Gasteiger partial charge in [0.15, 0.2) is 11.9 Å². The van der Waals surface area contributed by atoms with E-state index in [1.54, 1.807) is 6.07 Å². The molecule has 0 bridgehead atoms. The molecule has 2 aromatic rings. The van der Waals surface area contributed by atoms with Crippen LogP contribution < -0.4 is 10.1 Å². The largest absolute Gasteiger partial charge is 0.492 e. The number of anilines is 1. The van der Waals surface area contributed by atoms with E-state index < -0.39 is 11.5 Å². The maximum Gasteiger partial charge on any atom is 0.255 e. The van der Waals surface area contributed by atoms with Crippen LogP contribution in [-0.2, 0) is 15.0 Å². The smallest absolute Gasteiger partial charge is 0.255 e. The van der Waals surface area contributed by atoms with Gasteiger partial charge < -0.3 is 14.9 Å². The van der Waals surface area contributed by atoms with Gasteiger partial charge in [-0.05, 0) is 61.1 Å². The summed E-state index contributed by atoms with van der Waals surface area (Å²) in [6, 6.07) is 11.3. The summed E-state index contributed by atoms with van der Waals surface area (Å²) in [6.07, 6.45) is 1.13. The highest BCUT2D eigenvalue weighted by Crippen LogP contribution is 2.39. The van der Waals surface area contributed by atoms with Crippen LogP contribution in [0.2, 0.25) is 0 Å². The summed E-state index contributed by atoms with van der Waals surface area (Å²) in [6.45, 7) is 19.4. The zero-order valence-electron chi connectivity index (χ0n) is 24.3. The van der Waals surface area contributed by atoms with Crippen molar-refractivity contribution in [2.75, 3.05) is 11.9 Å². The van der Waals surface area contributed by atoms with Crippen molar-refractivity contribution in [3.05, 3.63) is 58.7 Å². The molecule has 0 saturated carbocycles. The van der Waals surface area contributed by atoms with Crippen LogP contribution in [0.1, 0.15) is 95.3 Å².